The van der Waals surface area contributed by atoms with E-state index in [1.54, 1.807) is 37.4 Å². The predicted octanol–water partition coefficient (Wildman–Crippen LogP) is 2.80. The molecule has 146 valence electrons. The lowest BCUT2D eigenvalue weighted by Crippen LogP contribution is -2.21. The molecule has 1 heterocycles. The Labute approximate surface area is 172 Å². The van der Waals surface area contributed by atoms with Crippen LogP contribution in [0.4, 0.5) is 22.2 Å². The first-order chi connectivity index (χ1) is 12.9. The number of benzene rings is 1. The quantitative estimate of drug-likeness (QED) is 0.335. The van der Waals surface area contributed by atoms with Gasteiger partial charge >= 0.3 is 6.09 Å². The monoisotopic (exact) mass is 505 g/mol. The zero-order chi connectivity index (χ0) is 19.8. The molecule has 27 heavy (non-hydrogen) atoms. The van der Waals surface area contributed by atoms with Crippen molar-refractivity contribution < 1.29 is 18.8 Å². The van der Waals surface area contributed by atoms with Gasteiger partial charge in [0.1, 0.15) is 5.82 Å². The number of carbonyl (C=O) groups is 1. The van der Waals surface area contributed by atoms with E-state index in [1.807, 2.05) is 6.92 Å². The van der Waals surface area contributed by atoms with E-state index in [9.17, 15) is 9.00 Å². The third kappa shape index (κ3) is 6.59. The Kier molecular flexibility index (Phi) is 8.19. The van der Waals surface area contributed by atoms with Crippen LogP contribution in [0.25, 0.3) is 0 Å². The van der Waals surface area contributed by atoms with Crippen LogP contribution >= 0.6 is 22.6 Å². The van der Waals surface area contributed by atoms with Gasteiger partial charge in [-0.25, -0.2) is 14.0 Å². The first-order valence-corrected chi connectivity index (χ1v) is 10.3. The maximum atomic E-state index is 12.0. The number of aliphatic hydroxyl groups excluding tert-OH is 1. The second-order valence-electron chi connectivity index (χ2n) is 5.36. The number of aliphatic hydroxyl groups is 1. The number of thiol groups is 1. The molecule has 1 aromatic carbocycles. The molecular formula is C16H20IN5O4S. The molecule has 0 saturated heterocycles. The summed E-state index contributed by atoms with van der Waals surface area (Å²) in [4.78, 5) is 20.3. The summed E-state index contributed by atoms with van der Waals surface area (Å²) in [5, 5.41) is 15.3. The molecule has 0 aliphatic carbocycles. The van der Waals surface area contributed by atoms with Crippen LogP contribution in [0.2, 0.25) is 0 Å². The van der Waals surface area contributed by atoms with Gasteiger partial charge in [0.05, 0.1) is 27.4 Å². The van der Waals surface area contributed by atoms with Crippen molar-refractivity contribution >= 4 is 56.7 Å². The summed E-state index contributed by atoms with van der Waals surface area (Å²) in [7, 11) is -2.21. The summed E-state index contributed by atoms with van der Waals surface area (Å²) < 4.78 is 21.0. The van der Waals surface area contributed by atoms with Crippen LogP contribution in [-0.2, 0) is 15.3 Å². The van der Waals surface area contributed by atoms with Crippen molar-refractivity contribution in [3.8, 4) is 0 Å². The van der Waals surface area contributed by atoms with Gasteiger partial charge in [-0.15, -0.1) is 4.36 Å². The van der Waals surface area contributed by atoms with Crippen LogP contribution in [0.3, 0.4) is 0 Å². The van der Waals surface area contributed by atoms with Crippen LogP contribution in [-0.4, -0.2) is 44.6 Å². The summed E-state index contributed by atoms with van der Waals surface area (Å²) in [5.74, 6) is 0.985. The van der Waals surface area contributed by atoms with Crippen LogP contribution in [0.5, 0.6) is 0 Å². The molecule has 0 saturated carbocycles. The summed E-state index contributed by atoms with van der Waals surface area (Å²) in [6.45, 7) is 3.66. The van der Waals surface area contributed by atoms with E-state index in [-0.39, 0.29) is 19.3 Å². The van der Waals surface area contributed by atoms with Crippen molar-refractivity contribution in [3.05, 3.63) is 34.0 Å². The molecule has 2 atom stereocenters. The zero-order valence-electron chi connectivity index (χ0n) is 14.7. The number of halogens is 1. The van der Waals surface area contributed by atoms with E-state index in [4.69, 9.17) is 5.11 Å². The van der Waals surface area contributed by atoms with E-state index in [0.29, 0.717) is 22.3 Å². The largest absolute Gasteiger partial charge is 0.448 e. The maximum Gasteiger partial charge on any atom is 0.441 e. The van der Waals surface area contributed by atoms with Gasteiger partial charge in [0.25, 0.3) is 0 Å². The molecule has 0 aliphatic rings. The van der Waals surface area contributed by atoms with Gasteiger partial charge in [-0.1, -0.05) is 0 Å². The standard InChI is InChI=1S/C16H20IN5O4S/c1-3-26-16(24)22-27(25)12-6-4-11(5-7-12)20-15-18-8-13(17)14(21-15)19-10(2)9-23/h4-8,10,23,27H,3,9H2,1-2H3,(H2,18,19,20,21)/t10-/m1/s1. The Morgan fingerprint density at radius 3 is 2.74 bits per heavy atom. The molecule has 11 heteroatoms. The molecule has 1 unspecified atom stereocenters. The molecule has 0 radical (unpaired) electrons. The summed E-state index contributed by atoms with van der Waals surface area (Å²) in [5.41, 5.74) is 0.681. The molecule has 0 bridgehead atoms. The van der Waals surface area contributed by atoms with Crippen LogP contribution in [0.1, 0.15) is 13.8 Å². The SMILES string of the molecule is CCOC(=O)/N=[SH](=O)/c1ccc(Nc2ncc(I)c(N[C@H](C)CO)n2)cc1. The van der Waals surface area contributed by atoms with E-state index in [2.05, 4.69) is 52.3 Å². The minimum atomic E-state index is -2.21. The highest BCUT2D eigenvalue weighted by Crippen LogP contribution is 2.20. The molecule has 0 fully saturated rings. The van der Waals surface area contributed by atoms with Gasteiger partial charge in [0.2, 0.25) is 5.95 Å². The summed E-state index contributed by atoms with van der Waals surface area (Å²) in [6, 6.07) is 6.44. The summed E-state index contributed by atoms with van der Waals surface area (Å²) in [6.07, 6.45) is 0.816. The third-order valence-corrected chi connectivity index (χ3v) is 5.06. The number of hydrogen-bond acceptors (Lipinski definition) is 8. The molecule has 1 amide bonds. The topological polar surface area (TPSA) is 126 Å². The number of anilines is 3. The highest BCUT2D eigenvalue weighted by Gasteiger charge is 2.08. The van der Waals surface area contributed by atoms with E-state index < -0.39 is 16.7 Å². The lowest BCUT2D eigenvalue weighted by atomic mass is 10.3. The van der Waals surface area contributed by atoms with Gasteiger partial charge in [0.15, 0.2) is 0 Å². The summed E-state index contributed by atoms with van der Waals surface area (Å²) >= 11 is 2.11. The van der Waals surface area contributed by atoms with Crippen molar-refractivity contribution in [2.75, 3.05) is 23.8 Å². The molecule has 3 N–H and O–H groups in total. The number of carbonyl (C=O) groups excluding carboxylic acids is 1. The van der Waals surface area contributed by atoms with Gasteiger partial charge < -0.3 is 20.5 Å². The number of hydrogen-bond donors (Lipinski definition) is 4. The van der Waals surface area contributed by atoms with Crippen LogP contribution < -0.4 is 10.6 Å². The van der Waals surface area contributed by atoms with Crippen molar-refractivity contribution in [2.45, 2.75) is 24.8 Å². The van der Waals surface area contributed by atoms with Crippen molar-refractivity contribution in [2.24, 2.45) is 4.36 Å². The predicted molar refractivity (Wildman–Crippen MR) is 112 cm³/mol. The fourth-order valence-electron chi connectivity index (χ4n) is 1.89. The van der Waals surface area contributed by atoms with Gasteiger partial charge in [-0.3, -0.25) is 0 Å². The van der Waals surface area contributed by atoms with E-state index >= 15 is 0 Å². The minimum Gasteiger partial charge on any atom is -0.448 e. The second-order valence-corrected chi connectivity index (χ2v) is 7.79. The Balaban J connectivity index is 2.11. The van der Waals surface area contributed by atoms with E-state index in [1.165, 1.54) is 0 Å². The lowest BCUT2D eigenvalue weighted by Gasteiger charge is -2.14. The fourth-order valence-corrected chi connectivity index (χ4v) is 3.03. The Bertz CT molecular complexity index is 872. The van der Waals surface area contributed by atoms with Gasteiger partial charge in [-0.2, -0.15) is 4.98 Å². The number of aromatic nitrogens is 2. The third-order valence-electron chi connectivity index (χ3n) is 3.19. The molecule has 2 aromatic rings. The number of nitrogens with one attached hydrogen (secondary N) is 2. The molecule has 9 nitrogen and oxygen atoms in total. The lowest BCUT2D eigenvalue weighted by molar-refractivity contribution is 0.164. The molecule has 0 aliphatic heterocycles. The number of nitrogens with zero attached hydrogens (tertiary/aromatic N) is 3. The molecule has 2 rings (SSSR count). The smallest absolute Gasteiger partial charge is 0.441 e. The Morgan fingerprint density at radius 1 is 1.41 bits per heavy atom. The van der Waals surface area contributed by atoms with Crippen molar-refractivity contribution in [3.63, 3.8) is 0 Å². The van der Waals surface area contributed by atoms with Gasteiger partial charge in [-0.05, 0) is 60.7 Å². The Hall–Kier alpha value is -1.99. The Morgan fingerprint density at radius 2 is 2.11 bits per heavy atom. The normalized spacial score (nSPS) is 13.0. The highest BCUT2D eigenvalue weighted by molar-refractivity contribution is 14.1. The van der Waals surface area contributed by atoms with Crippen LogP contribution in [0.15, 0.2) is 39.7 Å². The van der Waals surface area contributed by atoms with Crippen LogP contribution in [0, 0.1) is 3.57 Å². The number of ether oxygens (including phenoxy) is 1. The molecule has 0 spiro atoms. The minimum absolute atomic E-state index is 0.0145. The highest BCUT2D eigenvalue weighted by atomic mass is 127. The van der Waals surface area contributed by atoms with Crippen molar-refractivity contribution in [1.82, 2.24) is 9.97 Å². The molecular weight excluding hydrogens is 485 g/mol. The van der Waals surface area contributed by atoms with Crippen molar-refractivity contribution in [1.29, 1.82) is 0 Å². The first-order valence-electron chi connectivity index (χ1n) is 8.05. The van der Waals surface area contributed by atoms with Gasteiger partial charge in [0, 0.05) is 22.8 Å². The van der Waals surface area contributed by atoms with E-state index in [0.717, 1.165) is 3.57 Å². The fraction of sp³-hybridized carbons (Fsp3) is 0.312. The maximum absolute atomic E-state index is 12.0. The second kappa shape index (κ2) is 10.4. The number of rotatable bonds is 7. The molecule has 1 aromatic heterocycles. The average Bonchev–Trinajstić information content (AvgIpc) is 2.65. The number of amides is 1. The first kappa shape index (κ1) is 21.3. The zero-order valence-corrected chi connectivity index (χ0v) is 17.8. The average molecular weight is 505 g/mol.